The topological polar surface area (TPSA) is 84.0 Å². The molecule has 2 unspecified atom stereocenters. The van der Waals surface area contributed by atoms with Gasteiger partial charge in [0.25, 0.3) is 0 Å². The van der Waals surface area contributed by atoms with Crippen molar-refractivity contribution in [3.63, 3.8) is 0 Å². The predicted molar refractivity (Wildman–Crippen MR) is 161 cm³/mol. The summed E-state index contributed by atoms with van der Waals surface area (Å²) in [7, 11) is 9.57. The summed E-state index contributed by atoms with van der Waals surface area (Å²) in [4.78, 5) is 32.3. The van der Waals surface area contributed by atoms with Gasteiger partial charge in [0.05, 0.1) is 37.0 Å². The number of benzene rings is 2. The van der Waals surface area contributed by atoms with Gasteiger partial charge in [-0.1, -0.05) is 12.1 Å². The number of amides is 2. The predicted octanol–water partition coefficient (Wildman–Crippen LogP) is 5.24. The first kappa shape index (κ1) is 31.7. The van der Waals surface area contributed by atoms with Crippen molar-refractivity contribution in [2.75, 3.05) is 54.9 Å². The highest BCUT2D eigenvalue weighted by molar-refractivity contribution is 5.71. The van der Waals surface area contributed by atoms with E-state index in [9.17, 15) is 9.59 Å². The Hall–Kier alpha value is -3.18. The van der Waals surface area contributed by atoms with Crippen molar-refractivity contribution < 1.29 is 28.5 Å². The molecule has 0 saturated carbocycles. The van der Waals surface area contributed by atoms with Gasteiger partial charge >= 0.3 is 12.2 Å². The van der Waals surface area contributed by atoms with Crippen molar-refractivity contribution in [2.45, 2.75) is 64.7 Å². The van der Waals surface area contributed by atoms with Crippen LogP contribution in [0.4, 0.5) is 9.59 Å². The Morgan fingerprint density at radius 1 is 0.786 bits per heavy atom. The Balaban J connectivity index is 1.61. The number of hydrogen-bond acceptors (Lipinski definition) is 8. The van der Waals surface area contributed by atoms with Gasteiger partial charge in [0.15, 0.2) is 0 Å². The number of carbonyl (C=O) groups is 2. The Labute approximate surface area is 250 Å². The lowest BCUT2D eigenvalue weighted by atomic mass is 9.88. The lowest BCUT2D eigenvalue weighted by Crippen LogP contribution is -2.43. The quantitative estimate of drug-likeness (QED) is 0.418. The van der Waals surface area contributed by atoms with Crippen LogP contribution in [0.15, 0.2) is 36.4 Å². The second-order valence-electron chi connectivity index (χ2n) is 11.6. The van der Waals surface area contributed by atoms with E-state index in [1.165, 1.54) is 9.80 Å². The third-order valence-electron chi connectivity index (χ3n) is 8.40. The van der Waals surface area contributed by atoms with E-state index in [4.69, 9.17) is 18.9 Å². The van der Waals surface area contributed by atoms with Crippen LogP contribution in [0.1, 0.15) is 68.1 Å². The third kappa shape index (κ3) is 6.72. The van der Waals surface area contributed by atoms with Gasteiger partial charge in [0.1, 0.15) is 11.5 Å². The first-order valence-corrected chi connectivity index (χ1v) is 14.7. The van der Waals surface area contributed by atoms with Crippen LogP contribution in [0.5, 0.6) is 11.5 Å². The van der Waals surface area contributed by atoms with Crippen LogP contribution in [0.2, 0.25) is 0 Å². The Bertz CT molecular complexity index is 1270. The maximum absolute atomic E-state index is 12.5. The SMILES string of the molecule is CCN(C)C(=O)Oc1ccc2c(c1)C(N(C)C)[C@H](C)OC2CN(C)[C@H]1c2cc(OC(=O)N(C)CC)ccc2CO[C@@H]1C. The number of fused-ring (bicyclic) bond motifs is 2. The number of likely N-dealkylation sites (N-methyl/N-ethyl adjacent to an activating group) is 2. The summed E-state index contributed by atoms with van der Waals surface area (Å²) in [6.45, 7) is 10.2. The van der Waals surface area contributed by atoms with Gasteiger partial charge < -0.3 is 33.6 Å². The lowest BCUT2D eigenvalue weighted by Gasteiger charge is -2.43. The molecule has 2 heterocycles. The molecule has 10 nitrogen and oxygen atoms in total. The van der Waals surface area contributed by atoms with Gasteiger partial charge in [-0.15, -0.1) is 0 Å². The van der Waals surface area contributed by atoms with E-state index in [0.717, 1.165) is 22.3 Å². The summed E-state index contributed by atoms with van der Waals surface area (Å²) in [5.74, 6) is 1.04. The summed E-state index contributed by atoms with van der Waals surface area (Å²) >= 11 is 0. The molecular weight excluding hydrogens is 536 g/mol. The molecule has 0 aromatic heterocycles. The molecule has 2 aromatic rings. The van der Waals surface area contributed by atoms with Crippen LogP contribution >= 0.6 is 0 Å². The average molecular weight is 583 g/mol. The van der Waals surface area contributed by atoms with E-state index in [2.05, 4.69) is 30.7 Å². The first-order valence-electron chi connectivity index (χ1n) is 14.7. The van der Waals surface area contributed by atoms with Crippen LogP contribution in [-0.4, -0.2) is 98.9 Å². The summed E-state index contributed by atoms with van der Waals surface area (Å²) in [5, 5.41) is 0. The minimum absolute atomic E-state index is 0.000252. The van der Waals surface area contributed by atoms with Gasteiger partial charge in [0, 0.05) is 33.7 Å². The molecule has 0 fully saturated rings. The van der Waals surface area contributed by atoms with Crippen LogP contribution in [0.25, 0.3) is 0 Å². The Morgan fingerprint density at radius 2 is 1.36 bits per heavy atom. The van der Waals surface area contributed by atoms with E-state index in [-0.39, 0.29) is 42.6 Å². The van der Waals surface area contributed by atoms with Gasteiger partial charge in [-0.3, -0.25) is 4.90 Å². The highest BCUT2D eigenvalue weighted by Crippen LogP contribution is 2.43. The molecule has 10 heteroatoms. The highest BCUT2D eigenvalue weighted by Gasteiger charge is 2.38. The van der Waals surface area contributed by atoms with E-state index in [1.54, 1.807) is 14.1 Å². The summed E-state index contributed by atoms with van der Waals surface area (Å²) in [6.07, 6.45) is -1.16. The zero-order valence-electron chi connectivity index (χ0n) is 26.4. The molecule has 2 aliphatic heterocycles. The van der Waals surface area contributed by atoms with Crippen molar-refractivity contribution in [1.29, 1.82) is 0 Å². The summed E-state index contributed by atoms with van der Waals surface area (Å²) < 4.78 is 24.2. The number of rotatable bonds is 8. The second-order valence-corrected chi connectivity index (χ2v) is 11.6. The maximum atomic E-state index is 12.5. The van der Waals surface area contributed by atoms with Gasteiger partial charge in [-0.2, -0.15) is 0 Å². The molecule has 0 N–H and O–H groups in total. The van der Waals surface area contributed by atoms with Crippen LogP contribution in [-0.2, 0) is 16.1 Å². The van der Waals surface area contributed by atoms with E-state index in [1.807, 2.05) is 64.3 Å². The van der Waals surface area contributed by atoms with Crippen molar-refractivity contribution >= 4 is 12.2 Å². The molecule has 230 valence electrons. The molecule has 0 bridgehead atoms. The van der Waals surface area contributed by atoms with Crippen molar-refractivity contribution in [3.05, 3.63) is 58.7 Å². The minimum atomic E-state index is -0.384. The molecule has 42 heavy (non-hydrogen) atoms. The minimum Gasteiger partial charge on any atom is -0.410 e. The van der Waals surface area contributed by atoms with Crippen molar-refractivity contribution in [1.82, 2.24) is 19.6 Å². The van der Waals surface area contributed by atoms with Gasteiger partial charge in [-0.25, -0.2) is 9.59 Å². The molecule has 0 radical (unpaired) electrons. The van der Waals surface area contributed by atoms with Gasteiger partial charge in [0.2, 0.25) is 0 Å². The third-order valence-corrected chi connectivity index (χ3v) is 8.40. The maximum Gasteiger partial charge on any atom is 0.414 e. The van der Waals surface area contributed by atoms with Crippen LogP contribution in [0, 0.1) is 0 Å². The smallest absolute Gasteiger partial charge is 0.410 e. The van der Waals surface area contributed by atoms with E-state index >= 15 is 0 Å². The van der Waals surface area contributed by atoms with Crippen LogP contribution in [0.3, 0.4) is 0 Å². The number of ether oxygens (including phenoxy) is 4. The number of carbonyl (C=O) groups excluding carboxylic acids is 2. The van der Waals surface area contributed by atoms with E-state index < -0.39 is 0 Å². The molecule has 2 amide bonds. The molecule has 4 rings (SSSR count). The second kappa shape index (κ2) is 13.4. The molecular formula is C32H46N4O6. The normalized spacial score (nSPS) is 23.3. The molecule has 0 spiro atoms. The summed E-state index contributed by atoms with van der Waals surface area (Å²) in [5.41, 5.74) is 4.31. The first-order chi connectivity index (χ1) is 19.9. The number of nitrogens with zero attached hydrogens (tertiary/aromatic N) is 4. The molecule has 0 saturated heterocycles. The van der Waals surface area contributed by atoms with Crippen molar-refractivity contribution in [2.24, 2.45) is 0 Å². The number of hydrogen-bond donors (Lipinski definition) is 0. The zero-order chi connectivity index (χ0) is 30.7. The fraction of sp³-hybridized carbons (Fsp3) is 0.562. The molecule has 2 aromatic carbocycles. The van der Waals surface area contributed by atoms with E-state index in [0.29, 0.717) is 37.7 Å². The Kier molecular flexibility index (Phi) is 10.1. The molecule has 2 aliphatic rings. The highest BCUT2D eigenvalue weighted by atomic mass is 16.6. The Morgan fingerprint density at radius 3 is 1.93 bits per heavy atom. The van der Waals surface area contributed by atoms with Crippen LogP contribution < -0.4 is 9.47 Å². The standard InChI is InChI=1S/C32H46N4O6/c1-10-34(7)31(37)41-23-13-12-22-19-39-20(3)30(26(22)16-23)36(9)18-28-25-15-14-24(42-32(38)35(8)11-2)17-27(25)29(33(5)6)21(4)40-28/h12-17,20-21,28-30H,10-11,18-19H2,1-9H3/t20-,21+,28?,29?,30-/m1/s1. The van der Waals surface area contributed by atoms with Gasteiger partial charge in [-0.05, 0) is 95.4 Å². The monoisotopic (exact) mass is 582 g/mol. The molecule has 5 atom stereocenters. The fourth-order valence-electron chi connectivity index (χ4n) is 5.86. The fourth-order valence-corrected chi connectivity index (χ4v) is 5.86. The average Bonchev–Trinajstić information content (AvgIpc) is 2.95. The largest absolute Gasteiger partial charge is 0.414 e. The molecule has 0 aliphatic carbocycles. The van der Waals surface area contributed by atoms with Crippen molar-refractivity contribution in [3.8, 4) is 11.5 Å². The lowest BCUT2D eigenvalue weighted by molar-refractivity contribution is -0.0855. The summed E-state index contributed by atoms with van der Waals surface area (Å²) in [6, 6.07) is 11.5. The zero-order valence-corrected chi connectivity index (χ0v) is 26.4.